The van der Waals surface area contributed by atoms with Gasteiger partial charge in [-0.2, -0.15) is 0 Å². The van der Waals surface area contributed by atoms with E-state index in [0.717, 1.165) is 0 Å². The summed E-state index contributed by atoms with van der Waals surface area (Å²) in [6.45, 7) is 3.07. The highest BCUT2D eigenvalue weighted by atomic mass is 16.7. The largest absolute Gasteiger partial charge is 0.508 e. The van der Waals surface area contributed by atoms with Gasteiger partial charge in [-0.1, -0.05) is 0 Å². The van der Waals surface area contributed by atoms with E-state index in [1.54, 1.807) is 19.1 Å². The van der Waals surface area contributed by atoms with E-state index >= 15 is 0 Å². The van der Waals surface area contributed by atoms with Crippen LogP contribution in [0.5, 0.6) is 17.2 Å². The highest BCUT2D eigenvalue weighted by Crippen LogP contribution is 2.35. The predicted molar refractivity (Wildman–Crippen MR) is 109 cm³/mol. The number of fused-ring (bicyclic) bond motifs is 1. The number of hydrogen-bond acceptors (Lipinski definition) is 9. The van der Waals surface area contributed by atoms with Crippen LogP contribution in [0, 0.1) is 6.92 Å². The lowest BCUT2D eigenvalue weighted by molar-refractivity contribution is -0.267. The minimum absolute atomic E-state index is 0.0156. The van der Waals surface area contributed by atoms with E-state index in [4.69, 9.17) is 13.9 Å². The third-order valence-electron chi connectivity index (χ3n) is 5.35. The van der Waals surface area contributed by atoms with Gasteiger partial charge in [-0.05, 0) is 38.1 Å². The van der Waals surface area contributed by atoms with E-state index < -0.39 is 36.1 Å². The summed E-state index contributed by atoms with van der Waals surface area (Å²) in [4.78, 5) is 13.2. The first-order valence-corrected chi connectivity index (χ1v) is 9.63. The molecule has 164 valence electrons. The number of phenols is 2. The highest BCUT2D eigenvalue weighted by molar-refractivity contribution is 5.87. The first-order chi connectivity index (χ1) is 14.7. The maximum atomic E-state index is 13.2. The summed E-state index contributed by atoms with van der Waals surface area (Å²) in [5.41, 5.74) is 0.422. The highest BCUT2D eigenvalue weighted by Gasteiger charge is 2.43. The Kier molecular flexibility index (Phi) is 5.36. The van der Waals surface area contributed by atoms with Crippen LogP contribution in [0.3, 0.4) is 0 Å². The Morgan fingerprint density at radius 3 is 2.29 bits per heavy atom. The zero-order valence-electron chi connectivity index (χ0n) is 16.7. The van der Waals surface area contributed by atoms with E-state index in [2.05, 4.69) is 0 Å². The molecule has 3 aromatic rings. The summed E-state index contributed by atoms with van der Waals surface area (Å²) in [6.07, 6.45) is -6.65. The maximum Gasteiger partial charge on any atom is 0.229 e. The average Bonchev–Trinajstić information content (AvgIpc) is 2.73. The molecule has 0 amide bonds. The molecule has 2 aromatic carbocycles. The molecule has 0 radical (unpaired) electrons. The number of hydrogen-bond donors (Lipinski definition) is 5. The second-order valence-electron chi connectivity index (χ2n) is 7.55. The predicted octanol–water partition coefficient (Wildman–Crippen LogP) is 1.39. The lowest BCUT2D eigenvalue weighted by Crippen LogP contribution is -2.58. The van der Waals surface area contributed by atoms with Gasteiger partial charge in [0, 0.05) is 23.3 Å². The minimum Gasteiger partial charge on any atom is -0.508 e. The van der Waals surface area contributed by atoms with Gasteiger partial charge in [0.25, 0.3) is 0 Å². The summed E-state index contributed by atoms with van der Waals surface area (Å²) < 4.78 is 17.0. The Hall–Kier alpha value is -3.11. The van der Waals surface area contributed by atoms with E-state index in [9.17, 15) is 30.3 Å². The van der Waals surface area contributed by atoms with E-state index in [0.29, 0.717) is 5.56 Å². The number of aliphatic hydroxyl groups excluding tert-OH is 3. The van der Waals surface area contributed by atoms with Crippen molar-refractivity contribution in [2.75, 3.05) is 0 Å². The third kappa shape index (κ3) is 3.72. The molecular formula is C22H22O9. The number of phenolic OH excluding ortho intramolecular Hbond substituents is 2. The molecule has 4 rings (SSSR count). The van der Waals surface area contributed by atoms with Crippen LogP contribution in [-0.2, 0) is 4.74 Å². The van der Waals surface area contributed by atoms with Crippen LogP contribution >= 0.6 is 0 Å². The molecule has 9 heteroatoms. The van der Waals surface area contributed by atoms with Crippen LogP contribution in [-0.4, -0.2) is 56.2 Å². The second kappa shape index (κ2) is 7.86. The molecule has 2 heterocycles. The Bertz CT molecular complexity index is 1170. The number of aliphatic hydroxyl groups is 3. The van der Waals surface area contributed by atoms with Crippen LogP contribution in [0.4, 0.5) is 0 Å². The Balaban J connectivity index is 1.81. The van der Waals surface area contributed by atoms with Crippen LogP contribution in [0.2, 0.25) is 0 Å². The molecule has 5 N–H and O–H groups in total. The standard InChI is InChI=1S/C22H22O9/c1-9-17(25)16-14(30-21(9)11-3-5-12(23)6-4-11)7-13(24)8-15(16)31-22-20(28)19(27)18(26)10(2)29-22/h3-8,10,18-20,22-24,26-28H,1-2H3/t10-,18-,19-,20-,22-/m0/s1. The van der Waals surface area contributed by atoms with Crippen LogP contribution in [0.25, 0.3) is 22.3 Å². The van der Waals surface area contributed by atoms with Crippen molar-refractivity contribution in [1.29, 1.82) is 0 Å². The summed E-state index contributed by atoms with van der Waals surface area (Å²) in [5, 5.41) is 49.7. The zero-order chi connectivity index (χ0) is 22.4. The van der Waals surface area contributed by atoms with Gasteiger partial charge in [0.2, 0.25) is 6.29 Å². The number of aromatic hydroxyl groups is 2. The summed E-state index contributed by atoms with van der Waals surface area (Å²) >= 11 is 0. The van der Waals surface area contributed by atoms with Gasteiger partial charge in [0.05, 0.1) is 6.10 Å². The maximum absolute atomic E-state index is 13.2. The molecule has 1 aromatic heterocycles. The molecular weight excluding hydrogens is 408 g/mol. The zero-order valence-corrected chi connectivity index (χ0v) is 16.7. The molecule has 5 atom stereocenters. The van der Waals surface area contributed by atoms with E-state index in [-0.39, 0.29) is 39.5 Å². The van der Waals surface area contributed by atoms with Gasteiger partial charge in [-0.25, -0.2) is 0 Å². The van der Waals surface area contributed by atoms with Crippen molar-refractivity contribution >= 4 is 11.0 Å². The quantitative estimate of drug-likeness (QED) is 0.415. The molecule has 0 bridgehead atoms. The van der Waals surface area contributed by atoms with Crippen LogP contribution < -0.4 is 10.2 Å². The SMILES string of the molecule is Cc1c(-c2ccc(O)cc2)oc2cc(O)cc(O[C@@H]3O[C@@H](C)[C@H](O)[C@H](O)[C@@H]3O)c2c1=O. The number of benzene rings is 2. The van der Waals surface area contributed by atoms with Crippen molar-refractivity contribution < 1.29 is 39.4 Å². The molecule has 0 saturated carbocycles. The minimum atomic E-state index is -1.59. The van der Waals surface area contributed by atoms with E-state index in [1.807, 2.05) is 0 Å². The van der Waals surface area contributed by atoms with Gasteiger partial charge >= 0.3 is 0 Å². The molecule has 0 aliphatic carbocycles. The first kappa shape index (κ1) is 21.1. The molecule has 1 aliphatic rings. The van der Waals surface area contributed by atoms with Gasteiger partial charge in [0.15, 0.2) is 5.43 Å². The third-order valence-corrected chi connectivity index (χ3v) is 5.35. The summed E-state index contributed by atoms with van der Waals surface area (Å²) in [6, 6.07) is 8.53. The molecule has 1 fully saturated rings. The van der Waals surface area contributed by atoms with Crippen molar-refractivity contribution in [3.8, 4) is 28.6 Å². The molecule has 9 nitrogen and oxygen atoms in total. The smallest absolute Gasteiger partial charge is 0.229 e. The van der Waals surface area contributed by atoms with Crippen LogP contribution in [0.15, 0.2) is 45.6 Å². The molecule has 1 saturated heterocycles. The van der Waals surface area contributed by atoms with Gasteiger partial charge in [0.1, 0.15) is 52.3 Å². The van der Waals surface area contributed by atoms with E-state index in [1.165, 1.54) is 31.2 Å². The normalized spacial score (nSPS) is 26.2. The summed E-state index contributed by atoms with van der Waals surface area (Å²) in [7, 11) is 0. The molecule has 1 aliphatic heterocycles. The van der Waals surface area contributed by atoms with Crippen molar-refractivity contribution in [1.82, 2.24) is 0 Å². The van der Waals surface area contributed by atoms with Gasteiger partial charge in [-0.15, -0.1) is 0 Å². The Morgan fingerprint density at radius 2 is 1.61 bits per heavy atom. The average molecular weight is 430 g/mol. The van der Waals surface area contributed by atoms with Crippen molar-refractivity contribution in [3.63, 3.8) is 0 Å². The summed E-state index contributed by atoms with van der Waals surface area (Å²) in [5.74, 6) is -0.0466. The van der Waals surface area contributed by atoms with Crippen LogP contribution in [0.1, 0.15) is 12.5 Å². The topological polar surface area (TPSA) is 150 Å². The lowest BCUT2D eigenvalue weighted by Gasteiger charge is -2.38. The molecule has 31 heavy (non-hydrogen) atoms. The Morgan fingerprint density at radius 1 is 0.935 bits per heavy atom. The first-order valence-electron chi connectivity index (χ1n) is 9.63. The monoisotopic (exact) mass is 430 g/mol. The lowest BCUT2D eigenvalue weighted by atomic mass is 10.00. The second-order valence-corrected chi connectivity index (χ2v) is 7.55. The van der Waals surface area contributed by atoms with Gasteiger partial charge < -0.3 is 39.4 Å². The number of rotatable bonds is 3. The van der Waals surface area contributed by atoms with Crippen molar-refractivity contribution in [2.45, 2.75) is 44.6 Å². The number of ether oxygens (including phenoxy) is 2. The molecule has 0 unspecified atom stereocenters. The van der Waals surface area contributed by atoms with Gasteiger partial charge in [-0.3, -0.25) is 4.79 Å². The van der Waals surface area contributed by atoms with Crippen molar-refractivity contribution in [3.05, 3.63) is 52.2 Å². The fourth-order valence-electron chi connectivity index (χ4n) is 3.57. The van der Waals surface area contributed by atoms with Crippen molar-refractivity contribution in [2.24, 2.45) is 0 Å². The fraction of sp³-hybridized carbons (Fsp3) is 0.318. The molecule has 0 spiro atoms. The fourth-order valence-corrected chi connectivity index (χ4v) is 3.57. The Labute approximate surface area is 176 Å².